The van der Waals surface area contributed by atoms with Crippen LogP contribution in [0.3, 0.4) is 0 Å². The number of nitro benzene ring substituents is 1. The van der Waals surface area contributed by atoms with Crippen LogP contribution in [0.1, 0.15) is 26.3 Å². The minimum Gasteiger partial charge on any atom is -0.494 e. The number of sulfonamides is 1. The molecule has 2 aromatic carbocycles. The molecule has 0 saturated carbocycles. The van der Waals surface area contributed by atoms with E-state index in [1.54, 1.807) is 13.8 Å². The Labute approximate surface area is 174 Å². The number of benzene rings is 2. The van der Waals surface area contributed by atoms with Crippen molar-refractivity contribution >= 4 is 21.9 Å². The molecule has 0 bridgehead atoms. The van der Waals surface area contributed by atoms with Crippen molar-refractivity contribution in [2.45, 2.75) is 31.8 Å². The third-order valence-electron chi connectivity index (χ3n) is 3.66. The van der Waals surface area contributed by atoms with E-state index in [0.29, 0.717) is 12.4 Å². The molecule has 2 rings (SSSR count). The summed E-state index contributed by atoms with van der Waals surface area (Å²) in [5.41, 5.74) is -0.0667. The zero-order valence-electron chi connectivity index (χ0n) is 17.0. The summed E-state index contributed by atoms with van der Waals surface area (Å²) < 4.78 is 40.6. The average molecular weight is 437 g/mol. The number of ether oxygens (including phenoxy) is 3. The molecule has 0 radical (unpaired) electrons. The van der Waals surface area contributed by atoms with Crippen molar-refractivity contribution in [1.82, 2.24) is 4.83 Å². The molecule has 162 valence electrons. The molecule has 2 aromatic rings. The number of hydrazone groups is 1. The Kier molecular flexibility index (Phi) is 7.59. The van der Waals surface area contributed by atoms with Gasteiger partial charge in [-0.05, 0) is 51.1 Å². The van der Waals surface area contributed by atoms with Gasteiger partial charge in [-0.25, -0.2) is 4.83 Å². The van der Waals surface area contributed by atoms with Crippen LogP contribution in [0.15, 0.2) is 46.4 Å². The van der Waals surface area contributed by atoms with Crippen LogP contribution >= 0.6 is 0 Å². The highest BCUT2D eigenvalue weighted by molar-refractivity contribution is 7.89. The predicted molar refractivity (Wildman–Crippen MR) is 111 cm³/mol. The molecular weight excluding hydrogens is 414 g/mol. The molecule has 10 nitrogen and oxygen atoms in total. The standard InChI is InChI=1S/C19H23N3O7S/c1-5-28-15-6-8-16(9-7-15)30(25,26)21-20-12-14-10-17(22(23)24)19(29-13(2)3)18(11-14)27-4/h6-13,21H,5H2,1-4H3/b20-12+. The number of hydrogen-bond acceptors (Lipinski definition) is 8. The first kappa shape index (κ1) is 22.9. The number of methoxy groups -OCH3 is 1. The Balaban J connectivity index is 2.26. The van der Waals surface area contributed by atoms with E-state index in [9.17, 15) is 18.5 Å². The fourth-order valence-corrected chi connectivity index (χ4v) is 3.22. The van der Waals surface area contributed by atoms with Crippen LogP contribution < -0.4 is 19.0 Å². The van der Waals surface area contributed by atoms with E-state index in [-0.39, 0.29) is 33.7 Å². The lowest BCUT2D eigenvalue weighted by Gasteiger charge is -2.14. The zero-order valence-corrected chi connectivity index (χ0v) is 17.8. The fourth-order valence-electron chi connectivity index (χ4n) is 2.43. The third kappa shape index (κ3) is 5.83. The molecular formula is C19H23N3O7S. The molecule has 0 fully saturated rings. The molecule has 30 heavy (non-hydrogen) atoms. The molecule has 0 amide bonds. The maximum atomic E-state index is 12.3. The van der Waals surface area contributed by atoms with Gasteiger partial charge in [0.1, 0.15) is 5.75 Å². The first-order chi connectivity index (χ1) is 14.2. The molecule has 1 N–H and O–H groups in total. The van der Waals surface area contributed by atoms with Crippen LogP contribution in [-0.2, 0) is 10.0 Å². The van der Waals surface area contributed by atoms with Gasteiger partial charge in [-0.3, -0.25) is 10.1 Å². The van der Waals surface area contributed by atoms with Crippen molar-refractivity contribution in [3.8, 4) is 17.2 Å². The average Bonchev–Trinajstić information content (AvgIpc) is 2.68. The number of nitrogens with one attached hydrogen (secondary N) is 1. The van der Waals surface area contributed by atoms with E-state index in [1.165, 1.54) is 43.5 Å². The molecule has 0 saturated heterocycles. The predicted octanol–water partition coefficient (Wildman–Crippen LogP) is 3.10. The highest BCUT2D eigenvalue weighted by atomic mass is 32.2. The van der Waals surface area contributed by atoms with Gasteiger partial charge in [0, 0.05) is 11.6 Å². The first-order valence-corrected chi connectivity index (χ1v) is 10.5. The SMILES string of the molecule is CCOc1ccc(S(=O)(=O)N/N=C/c2cc(OC)c(OC(C)C)c([N+](=O)[O-])c2)cc1. The van der Waals surface area contributed by atoms with Gasteiger partial charge in [-0.1, -0.05) is 0 Å². The van der Waals surface area contributed by atoms with Crippen LogP contribution in [0.5, 0.6) is 17.2 Å². The molecule has 0 spiro atoms. The smallest absolute Gasteiger partial charge is 0.315 e. The van der Waals surface area contributed by atoms with E-state index in [2.05, 4.69) is 9.93 Å². The van der Waals surface area contributed by atoms with Crippen LogP contribution in [-0.4, -0.2) is 39.4 Å². The van der Waals surface area contributed by atoms with E-state index in [1.807, 2.05) is 6.92 Å². The van der Waals surface area contributed by atoms with Crippen LogP contribution in [0.2, 0.25) is 0 Å². The summed E-state index contributed by atoms with van der Waals surface area (Å²) in [6.07, 6.45) is 0.832. The summed E-state index contributed by atoms with van der Waals surface area (Å²) in [5.74, 6) is 0.668. The summed E-state index contributed by atoms with van der Waals surface area (Å²) in [7, 11) is -2.57. The topological polar surface area (TPSA) is 129 Å². The van der Waals surface area contributed by atoms with E-state index >= 15 is 0 Å². The quantitative estimate of drug-likeness (QED) is 0.343. The van der Waals surface area contributed by atoms with Gasteiger partial charge in [0.25, 0.3) is 10.0 Å². The van der Waals surface area contributed by atoms with E-state index in [0.717, 1.165) is 6.21 Å². The summed E-state index contributed by atoms with van der Waals surface area (Å²) in [4.78, 5) is 12.9. The maximum Gasteiger partial charge on any atom is 0.315 e. The normalized spacial score (nSPS) is 11.5. The van der Waals surface area contributed by atoms with E-state index in [4.69, 9.17) is 14.2 Å². The minimum absolute atomic E-state index is 0.00709. The minimum atomic E-state index is -3.92. The van der Waals surface area contributed by atoms with Gasteiger partial charge in [0.15, 0.2) is 5.75 Å². The number of hydrogen-bond donors (Lipinski definition) is 1. The van der Waals surface area contributed by atoms with Gasteiger partial charge in [-0.15, -0.1) is 0 Å². The van der Waals surface area contributed by atoms with Gasteiger partial charge >= 0.3 is 5.69 Å². The largest absolute Gasteiger partial charge is 0.494 e. The number of nitro groups is 1. The van der Waals surface area contributed by atoms with Crippen molar-refractivity contribution in [1.29, 1.82) is 0 Å². The van der Waals surface area contributed by atoms with E-state index < -0.39 is 14.9 Å². The summed E-state index contributed by atoms with van der Waals surface area (Å²) in [5, 5.41) is 15.1. The highest BCUT2D eigenvalue weighted by Gasteiger charge is 2.23. The second kappa shape index (κ2) is 9.92. The molecule has 0 atom stereocenters. The zero-order chi connectivity index (χ0) is 22.3. The summed E-state index contributed by atoms with van der Waals surface area (Å²) in [6, 6.07) is 8.50. The van der Waals surface area contributed by atoms with Crippen molar-refractivity contribution in [3.63, 3.8) is 0 Å². The lowest BCUT2D eigenvalue weighted by atomic mass is 10.2. The second-order valence-electron chi connectivity index (χ2n) is 6.25. The molecule has 11 heteroatoms. The third-order valence-corrected chi connectivity index (χ3v) is 4.90. The monoisotopic (exact) mass is 437 g/mol. The summed E-state index contributed by atoms with van der Waals surface area (Å²) in [6.45, 7) is 5.75. The molecule has 0 heterocycles. The maximum absolute atomic E-state index is 12.3. The van der Waals surface area contributed by atoms with Crippen molar-refractivity contribution < 1.29 is 27.6 Å². The Morgan fingerprint density at radius 2 is 1.90 bits per heavy atom. The number of nitrogens with zero attached hydrogens (tertiary/aromatic N) is 2. The van der Waals surface area contributed by atoms with Gasteiger partial charge in [-0.2, -0.15) is 13.5 Å². The Morgan fingerprint density at radius 1 is 1.23 bits per heavy atom. The van der Waals surface area contributed by atoms with Crippen LogP contribution in [0.25, 0.3) is 0 Å². The molecule has 0 aromatic heterocycles. The lowest BCUT2D eigenvalue weighted by Crippen LogP contribution is -2.18. The first-order valence-electron chi connectivity index (χ1n) is 8.98. The van der Waals surface area contributed by atoms with Crippen molar-refractivity contribution in [3.05, 3.63) is 52.1 Å². The Hall–Kier alpha value is -3.34. The van der Waals surface area contributed by atoms with Crippen molar-refractivity contribution in [2.75, 3.05) is 13.7 Å². The lowest BCUT2D eigenvalue weighted by molar-refractivity contribution is -0.386. The Bertz CT molecular complexity index is 1020. The van der Waals surface area contributed by atoms with Crippen LogP contribution in [0.4, 0.5) is 5.69 Å². The highest BCUT2D eigenvalue weighted by Crippen LogP contribution is 2.38. The van der Waals surface area contributed by atoms with Crippen molar-refractivity contribution in [2.24, 2.45) is 5.10 Å². The molecule has 0 aliphatic carbocycles. The molecule has 0 aliphatic rings. The van der Waals surface area contributed by atoms with Gasteiger partial charge < -0.3 is 14.2 Å². The number of rotatable bonds is 10. The van der Waals surface area contributed by atoms with Gasteiger partial charge in [0.05, 0.1) is 35.9 Å². The second-order valence-corrected chi connectivity index (χ2v) is 7.91. The summed E-state index contributed by atoms with van der Waals surface area (Å²) >= 11 is 0. The fraction of sp³-hybridized carbons (Fsp3) is 0.316. The van der Waals surface area contributed by atoms with Gasteiger partial charge in [0.2, 0.25) is 5.75 Å². The molecule has 0 aliphatic heterocycles. The Morgan fingerprint density at radius 3 is 2.43 bits per heavy atom. The molecule has 0 unspecified atom stereocenters. The van der Waals surface area contributed by atoms with Crippen LogP contribution in [0, 0.1) is 10.1 Å².